The summed E-state index contributed by atoms with van der Waals surface area (Å²) >= 11 is 0. The monoisotopic (exact) mass is 405 g/mol. The van der Waals surface area contributed by atoms with Gasteiger partial charge in [-0.25, -0.2) is 9.75 Å². The number of hydrogen-bond donors (Lipinski definition) is 0. The summed E-state index contributed by atoms with van der Waals surface area (Å²) in [6, 6.07) is 14.3. The van der Waals surface area contributed by atoms with E-state index in [1.165, 1.54) is 31.0 Å². The normalized spacial score (nSPS) is 11.4. The molecule has 0 spiro atoms. The van der Waals surface area contributed by atoms with Crippen molar-refractivity contribution in [1.29, 1.82) is 0 Å². The quantitative estimate of drug-likeness (QED) is 0.591. The van der Waals surface area contributed by atoms with Crippen molar-refractivity contribution in [3.63, 3.8) is 0 Å². The zero-order valence-corrected chi connectivity index (χ0v) is 15.9. The average Bonchev–Trinajstić information content (AvgIpc) is 3.07. The van der Waals surface area contributed by atoms with Gasteiger partial charge in [0.15, 0.2) is 5.69 Å². The number of aryl methyl sites for hydroxylation is 1. The zero-order valence-electron chi connectivity index (χ0n) is 15.9. The van der Waals surface area contributed by atoms with Crippen LogP contribution in [0.1, 0.15) is 16.2 Å². The highest BCUT2D eigenvalue weighted by Gasteiger charge is 2.32. The number of para-hydroxylation sites is 1. The molecule has 3 rings (SSSR count). The largest absolute Gasteiger partial charge is 0.573 e. The number of hydrogen-bond acceptors (Lipinski definition) is 4. The first-order chi connectivity index (χ1) is 13.7. The van der Waals surface area contributed by atoms with Crippen molar-refractivity contribution < 1.29 is 27.5 Å². The van der Waals surface area contributed by atoms with Crippen LogP contribution in [0, 0.1) is 6.92 Å². The maximum atomic E-state index is 12.7. The fraction of sp³-hybridized carbons (Fsp3) is 0.200. The topological polar surface area (TPSA) is 56.6 Å². The van der Waals surface area contributed by atoms with Gasteiger partial charge in [-0.05, 0) is 36.8 Å². The summed E-state index contributed by atoms with van der Waals surface area (Å²) in [6.45, 7) is 1.77. The maximum absolute atomic E-state index is 12.7. The lowest BCUT2D eigenvalue weighted by Gasteiger charge is -2.14. The number of benzene rings is 2. The Labute approximate surface area is 165 Å². The van der Waals surface area contributed by atoms with Crippen LogP contribution < -0.4 is 4.74 Å². The van der Waals surface area contributed by atoms with Gasteiger partial charge in [0.05, 0.1) is 12.8 Å². The predicted molar refractivity (Wildman–Crippen MR) is 99.5 cm³/mol. The van der Waals surface area contributed by atoms with E-state index in [0.29, 0.717) is 16.9 Å². The number of carbonyl (C=O) groups excluding carboxylic acids is 1. The van der Waals surface area contributed by atoms with Crippen LogP contribution in [0.3, 0.4) is 0 Å². The van der Waals surface area contributed by atoms with Gasteiger partial charge >= 0.3 is 6.36 Å². The number of rotatable bonds is 5. The molecular weight excluding hydrogens is 387 g/mol. The number of nitrogens with zero attached hydrogens (tertiary/aromatic N) is 3. The molecule has 1 aromatic heterocycles. The van der Waals surface area contributed by atoms with Gasteiger partial charge in [-0.2, -0.15) is 5.10 Å². The van der Waals surface area contributed by atoms with Gasteiger partial charge in [-0.3, -0.25) is 9.63 Å². The zero-order chi connectivity index (χ0) is 21.2. The van der Waals surface area contributed by atoms with Crippen molar-refractivity contribution in [2.75, 3.05) is 14.2 Å². The van der Waals surface area contributed by atoms with E-state index in [0.717, 1.165) is 5.06 Å². The Bertz CT molecular complexity index is 1030. The molecule has 9 heteroatoms. The highest BCUT2D eigenvalue weighted by Crippen LogP contribution is 2.34. The molecule has 0 radical (unpaired) electrons. The van der Waals surface area contributed by atoms with Crippen molar-refractivity contribution >= 4 is 5.91 Å². The summed E-state index contributed by atoms with van der Waals surface area (Å²) in [5.74, 6) is -0.721. The van der Waals surface area contributed by atoms with E-state index >= 15 is 0 Å². The molecular formula is C20H18F3N3O3. The lowest BCUT2D eigenvalue weighted by Crippen LogP contribution is -2.25. The number of aromatic nitrogens is 2. The van der Waals surface area contributed by atoms with E-state index < -0.39 is 12.3 Å². The van der Waals surface area contributed by atoms with Crippen molar-refractivity contribution in [2.45, 2.75) is 13.3 Å². The summed E-state index contributed by atoms with van der Waals surface area (Å²) < 4.78 is 43.9. The fourth-order valence-electron chi connectivity index (χ4n) is 2.81. The Morgan fingerprint density at radius 3 is 2.52 bits per heavy atom. The van der Waals surface area contributed by atoms with Gasteiger partial charge in [0.2, 0.25) is 0 Å². The molecule has 152 valence electrons. The first kappa shape index (κ1) is 20.4. The minimum absolute atomic E-state index is 0.179. The SMILES string of the molecule is CON(C)C(=O)c1cc(C)n(-c2cccc(-c3ccccc3OC(F)(F)F)c2)n1. The maximum Gasteiger partial charge on any atom is 0.573 e. The molecule has 0 saturated carbocycles. The molecule has 0 aliphatic heterocycles. The Hall–Kier alpha value is -3.33. The molecule has 2 aromatic carbocycles. The Balaban J connectivity index is 2.00. The van der Waals surface area contributed by atoms with E-state index in [4.69, 9.17) is 4.84 Å². The number of alkyl halides is 3. The van der Waals surface area contributed by atoms with Crippen LogP contribution in [0.15, 0.2) is 54.6 Å². The molecule has 1 heterocycles. The van der Waals surface area contributed by atoms with E-state index in [1.54, 1.807) is 49.4 Å². The first-order valence-corrected chi connectivity index (χ1v) is 8.54. The summed E-state index contributed by atoms with van der Waals surface area (Å²) in [4.78, 5) is 17.1. The molecule has 6 nitrogen and oxygen atoms in total. The third-order valence-corrected chi connectivity index (χ3v) is 4.18. The molecule has 0 unspecified atom stereocenters. The van der Waals surface area contributed by atoms with Crippen molar-refractivity contribution in [2.24, 2.45) is 0 Å². The van der Waals surface area contributed by atoms with Crippen molar-refractivity contribution in [3.05, 3.63) is 66.0 Å². The summed E-state index contributed by atoms with van der Waals surface area (Å²) in [5, 5.41) is 5.35. The lowest BCUT2D eigenvalue weighted by molar-refractivity contribution is -0.274. The van der Waals surface area contributed by atoms with Crippen LogP contribution >= 0.6 is 0 Å². The van der Waals surface area contributed by atoms with Crippen LogP contribution in [0.25, 0.3) is 16.8 Å². The van der Waals surface area contributed by atoms with E-state index in [2.05, 4.69) is 9.84 Å². The lowest BCUT2D eigenvalue weighted by atomic mass is 10.0. The fourth-order valence-corrected chi connectivity index (χ4v) is 2.81. The second kappa shape index (κ2) is 7.96. The van der Waals surface area contributed by atoms with Gasteiger partial charge in [0.1, 0.15) is 5.75 Å². The Kier molecular flexibility index (Phi) is 5.60. The van der Waals surface area contributed by atoms with Gasteiger partial charge in [0, 0.05) is 18.3 Å². The molecule has 3 aromatic rings. The Morgan fingerprint density at radius 1 is 1.10 bits per heavy atom. The molecule has 29 heavy (non-hydrogen) atoms. The van der Waals surface area contributed by atoms with Crippen LogP contribution in [0.5, 0.6) is 5.75 Å². The highest BCUT2D eigenvalue weighted by molar-refractivity contribution is 5.91. The average molecular weight is 405 g/mol. The van der Waals surface area contributed by atoms with Crippen LogP contribution in [0.2, 0.25) is 0 Å². The van der Waals surface area contributed by atoms with E-state index in [1.807, 2.05) is 0 Å². The van der Waals surface area contributed by atoms with Gasteiger partial charge in [-0.15, -0.1) is 13.2 Å². The summed E-state index contributed by atoms with van der Waals surface area (Å²) in [5.41, 5.74) is 2.24. The van der Waals surface area contributed by atoms with Gasteiger partial charge < -0.3 is 4.74 Å². The number of amides is 1. The van der Waals surface area contributed by atoms with Crippen LogP contribution in [-0.2, 0) is 4.84 Å². The van der Waals surface area contributed by atoms with E-state index in [-0.39, 0.29) is 17.0 Å². The molecule has 0 atom stereocenters. The van der Waals surface area contributed by atoms with E-state index in [9.17, 15) is 18.0 Å². The second-order valence-electron chi connectivity index (χ2n) is 6.16. The molecule has 0 aliphatic rings. The smallest absolute Gasteiger partial charge is 0.405 e. The third kappa shape index (κ3) is 4.57. The number of hydroxylamine groups is 2. The third-order valence-electron chi connectivity index (χ3n) is 4.18. The van der Waals surface area contributed by atoms with Gasteiger partial charge in [-0.1, -0.05) is 30.3 Å². The molecule has 0 fully saturated rings. The van der Waals surface area contributed by atoms with Crippen LogP contribution in [-0.4, -0.2) is 41.3 Å². The Morgan fingerprint density at radius 2 is 1.83 bits per heavy atom. The molecule has 0 bridgehead atoms. The first-order valence-electron chi connectivity index (χ1n) is 8.54. The highest BCUT2D eigenvalue weighted by atomic mass is 19.4. The molecule has 0 aliphatic carbocycles. The minimum atomic E-state index is -4.80. The second-order valence-corrected chi connectivity index (χ2v) is 6.16. The summed E-state index contributed by atoms with van der Waals surface area (Å²) in [6.07, 6.45) is -4.80. The number of carbonyl (C=O) groups is 1. The molecule has 0 saturated heterocycles. The predicted octanol–water partition coefficient (Wildman–Crippen LogP) is 4.38. The van der Waals surface area contributed by atoms with Crippen molar-refractivity contribution in [1.82, 2.24) is 14.8 Å². The standard InChI is InChI=1S/C20H18F3N3O3/c1-13-11-17(19(27)25(2)28-3)24-26(13)15-8-6-7-14(12-15)16-9-4-5-10-18(16)29-20(21,22)23/h4-12H,1-3H3. The summed E-state index contributed by atoms with van der Waals surface area (Å²) in [7, 11) is 2.83. The molecule has 0 N–H and O–H groups in total. The number of ether oxygens (including phenoxy) is 1. The van der Waals surface area contributed by atoms with Gasteiger partial charge in [0.25, 0.3) is 5.91 Å². The number of halogens is 3. The van der Waals surface area contributed by atoms with Crippen LogP contribution in [0.4, 0.5) is 13.2 Å². The minimum Gasteiger partial charge on any atom is -0.405 e. The molecule has 1 amide bonds. The van der Waals surface area contributed by atoms with Crippen molar-refractivity contribution in [3.8, 4) is 22.6 Å².